The number of nitrogens with two attached hydrogens (primary N) is 2. The highest BCUT2D eigenvalue weighted by atomic mass is 16.5. The van der Waals surface area contributed by atoms with E-state index in [1.807, 2.05) is 0 Å². The van der Waals surface area contributed by atoms with Crippen molar-refractivity contribution in [3.8, 4) is 0 Å². The lowest BCUT2D eigenvalue weighted by atomic mass is 9.96. The lowest BCUT2D eigenvalue weighted by Gasteiger charge is -2.35. The number of benzene rings is 2. The summed E-state index contributed by atoms with van der Waals surface area (Å²) in [5, 5.41) is 1.57. The van der Waals surface area contributed by atoms with Crippen LogP contribution in [0.25, 0.3) is 21.9 Å². The maximum absolute atomic E-state index is 13.0. The van der Waals surface area contributed by atoms with Gasteiger partial charge in [-0.05, 0) is 87.1 Å². The average molecular weight is 715 g/mol. The van der Waals surface area contributed by atoms with E-state index in [4.69, 9.17) is 29.8 Å². The fourth-order valence-corrected chi connectivity index (χ4v) is 7.29. The molecule has 1 aliphatic carbocycles. The number of amides is 4. The van der Waals surface area contributed by atoms with Crippen LogP contribution in [0.15, 0.2) is 57.4 Å². The quantitative estimate of drug-likeness (QED) is 0.256. The largest absolute Gasteiger partial charge is 0.451 e. The van der Waals surface area contributed by atoms with Gasteiger partial charge in [0, 0.05) is 74.5 Å². The van der Waals surface area contributed by atoms with Gasteiger partial charge in [-0.25, -0.2) is 0 Å². The predicted octanol–water partition coefficient (Wildman–Crippen LogP) is 3.74. The first-order valence-corrected chi connectivity index (χ1v) is 18.2. The van der Waals surface area contributed by atoms with Crippen LogP contribution in [0.1, 0.15) is 59.6 Å². The summed E-state index contributed by atoms with van der Waals surface area (Å²) >= 11 is 0. The highest BCUT2D eigenvalue weighted by Crippen LogP contribution is 2.26. The second kappa shape index (κ2) is 15.7. The summed E-state index contributed by atoms with van der Waals surface area (Å²) in [6, 6.07) is 13.9. The molecule has 0 radical (unpaired) electrons. The molecule has 4 aromatic rings. The molecule has 7 rings (SSSR count). The molecular formula is C38H46N6O8. The van der Waals surface area contributed by atoms with Crippen molar-refractivity contribution in [3.63, 3.8) is 0 Å². The first-order valence-electron chi connectivity index (χ1n) is 18.2. The minimum absolute atomic E-state index is 0.00628. The number of ether oxygens (including phenoxy) is 2. The highest BCUT2D eigenvalue weighted by Gasteiger charge is 2.29. The van der Waals surface area contributed by atoms with Crippen molar-refractivity contribution in [1.29, 1.82) is 0 Å². The number of carbonyl (C=O) groups excluding carboxylic acids is 4. The zero-order valence-electron chi connectivity index (χ0n) is 29.3. The van der Waals surface area contributed by atoms with Gasteiger partial charge in [0.1, 0.15) is 24.4 Å². The highest BCUT2D eigenvalue weighted by molar-refractivity contribution is 5.97. The van der Waals surface area contributed by atoms with Gasteiger partial charge in [0.05, 0.1) is 12.2 Å². The van der Waals surface area contributed by atoms with Crippen molar-refractivity contribution in [2.45, 2.75) is 50.7 Å². The topological polar surface area (TPSA) is 178 Å². The number of hydrogen-bond donors (Lipinski definition) is 2. The Morgan fingerprint density at radius 2 is 0.923 bits per heavy atom. The molecule has 4 amide bonds. The molecule has 2 aliphatic heterocycles. The van der Waals surface area contributed by atoms with E-state index >= 15 is 0 Å². The van der Waals surface area contributed by atoms with Crippen LogP contribution in [0.3, 0.4) is 0 Å². The second-order valence-corrected chi connectivity index (χ2v) is 13.9. The van der Waals surface area contributed by atoms with Crippen LogP contribution in [0.2, 0.25) is 0 Å². The van der Waals surface area contributed by atoms with E-state index in [0.29, 0.717) is 74.9 Å². The Bertz CT molecular complexity index is 1780. The smallest absolute Gasteiger partial charge is 0.289 e. The van der Waals surface area contributed by atoms with E-state index in [2.05, 4.69) is 0 Å². The molecule has 2 aromatic heterocycles. The molecule has 0 bridgehead atoms. The Kier molecular flexibility index (Phi) is 10.6. The number of rotatable bonds is 8. The van der Waals surface area contributed by atoms with Crippen LogP contribution in [-0.4, -0.2) is 121 Å². The SMILES string of the molecule is Nc1ccc2oc(C(=O)N3CCN(C(=O)COC4CCCC(OCC(=O)N5CCN(C(=O)c6cc7cc(N)ccc7o6)CC5)CCC4)CC3)cc2c1. The Morgan fingerprint density at radius 3 is 1.31 bits per heavy atom. The maximum Gasteiger partial charge on any atom is 0.289 e. The lowest BCUT2D eigenvalue weighted by Crippen LogP contribution is -2.51. The van der Waals surface area contributed by atoms with Crippen molar-refractivity contribution < 1.29 is 37.5 Å². The Hall–Kier alpha value is -5.08. The molecular weight excluding hydrogens is 668 g/mol. The molecule has 3 aliphatic rings. The van der Waals surface area contributed by atoms with E-state index in [1.54, 1.807) is 68.1 Å². The number of furan rings is 2. The van der Waals surface area contributed by atoms with Crippen molar-refractivity contribution >= 4 is 56.9 Å². The summed E-state index contributed by atoms with van der Waals surface area (Å²) in [5.41, 5.74) is 14.1. The number of piperazine rings is 2. The monoisotopic (exact) mass is 714 g/mol. The number of nitrogens with zero attached hydrogens (tertiary/aromatic N) is 4. The number of fused-ring (bicyclic) bond motifs is 2. The zero-order valence-corrected chi connectivity index (χ0v) is 29.3. The molecule has 2 aromatic carbocycles. The molecule has 1 saturated carbocycles. The lowest BCUT2D eigenvalue weighted by molar-refractivity contribution is -0.140. The first kappa shape index (κ1) is 35.3. The fourth-order valence-electron chi connectivity index (χ4n) is 7.29. The Labute approximate surface area is 301 Å². The summed E-state index contributed by atoms with van der Waals surface area (Å²) in [7, 11) is 0. The van der Waals surface area contributed by atoms with E-state index in [-0.39, 0.29) is 60.6 Å². The molecule has 0 spiro atoms. The molecule has 14 heteroatoms. The normalized spacial score (nSPS) is 20.2. The third-order valence-corrected chi connectivity index (χ3v) is 10.3. The van der Waals surface area contributed by atoms with Crippen LogP contribution in [0, 0.1) is 0 Å². The zero-order chi connectivity index (χ0) is 36.2. The van der Waals surface area contributed by atoms with Crippen molar-refractivity contribution in [3.05, 3.63) is 60.1 Å². The van der Waals surface area contributed by atoms with Crippen LogP contribution >= 0.6 is 0 Å². The molecule has 3 fully saturated rings. The van der Waals surface area contributed by atoms with Crippen LogP contribution in [0.5, 0.6) is 0 Å². The van der Waals surface area contributed by atoms with Crippen molar-refractivity contribution in [1.82, 2.24) is 19.6 Å². The summed E-state index contributed by atoms with van der Waals surface area (Å²) in [5.74, 6) is -0.000590. The third kappa shape index (κ3) is 8.18. The number of carbonyl (C=O) groups is 4. The molecule has 2 saturated heterocycles. The average Bonchev–Trinajstić information content (AvgIpc) is 3.77. The molecule has 0 atom stereocenters. The predicted molar refractivity (Wildman–Crippen MR) is 193 cm³/mol. The third-order valence-electron chi connectivity index (χ3n) is 10.3. The summed E-state index contributed by atoms with van der Waals surface area (Å²) in [6.07, 6.45) is 5.02. The van der Waals surface area contributed by atoms with Crippen molar-refractivity contribution in [2.75, 3.05) is 77.0 Å². The molecule has 14 nitrogen and oxygen atoms in total. The Balaban J connectivity index is 0.772. The van der Waals surface area contributed by atoms with Crippen LogP contribution in [0.4, 0.5) is 11.4 Å². The summed E-state index contributed by atoms with van der Waals surface area (Å²) in [4.78, 5) is 58.9. The van der Waals surface area contributed by atoms with Crippen molar-refractivity contribution in [2.24, 2.45) is 0 Å². The molecule has 52 heavy (non-hydrogen) atoms. The minimum atomic E-state index is -0.196. The second-order valence-electron chi connectivity index (χ2n) is 13.9. The first-order chi connectivity index (χ1) is 25.2. The number of hydrogen-bond acceptors (Lipinski definition) is 10. The van der Waals surface area contributed by atoms with Crippen LogP contribution < -0.4 is 11.5 Å². The van der Waals surface area contributed by atoms with Gasteiger partial charge in [-0.3, -0.25) is 19.2 Å². The van der Waals surface area contributed by atoms with Gasteiger partial charge in [-0.15, -0.1) is 0 Å². The Morgan fingerprint density at radius 1 is 0.558 bits per heavy atom. The fraction of sp³-hybridized carbons (Fsp3) is 0.474. The van der Waals surface area contributed by atoms with E-state index in [1.165, 1.54) is 0 Å². The standard InChI is InChI=1S/C38H46N6O8/c39-27-7-9-31-25(19-27)21-33(51-31)37(47)43-15-11-41(12-16-43)35(45)23-49-29-3-1-4-30(6-2-5-29)50-24-36(46)42-13-17-44(18-14-42)38(48)34-22-26-20-28(40)8-10-32(26)52-34/h7-10,19-22,29-30H,1-6,11-18,23-24,39-40H2. The van der Waals surface area contributed by atoms with Gasteiger partial charge in [-0.1, -0.05) is 0 Å². The molecule has 4 N–H and O–H groups in total. The van der Waals surface area contributed by atoms with Gasteiger partial charge >= 0.3 is 0 Å². The minimum Gasteiger partial charge on any atom is -0.451 e. The molecule has 4 heterocycles. The van der Waals surface area contributed by atoms with Gasteiger partial charge in [0.25, 0.3) is 11.8 Å². The molecule has 0 unspecified atom stereocenters. The van der Waals surface area contributed by atoms with E-state index in [9.17, 15) is 19.2 Å². The molecule has 276 valence electrons. The van der Waals surface area contributed by atoms with E-state index in [0.717, 1.165) is 49.3 Å². The maximum atomic E-state index is 13.0. The van der Waals surface area contributed by atoms with Gasteiger partial charge in [0.2, 0.25) is 11.8 Å². The van der Waals surface area contributed by atoms with Gasteiger partial charge < -0.3 is 49.4 Å². The van der Waals surface area contributed by atoms with Gasteiger partial charge in [0.15, 0.2) is 11.5 Å². The summed E-state index contributed by atoms with van der Waals surface area (Å²) < 4.78 is 23.6. The number of anilines is 2. The summed E-state index contributed by atoms with van der Waals surface area (Å²) in [6.45, 7) is 3.49. The number of nitrogen functional groups attached to an aromatic ring is 2. The van der Waals surface area contributed by atoms with Gasteiger partial charge in [-0.2, -0.15) is 0 Å². The van der Waals surface area contributed by atoms with Crippen LogP contribution in [-0.2, 0) is 19.1 Å². The van der Waals surface area contributed by atoms with E-state index < -0.39 is 0 Å².